The molecular formula is C20H26N2O. The first-order chi connectivity index (χ1) is 11.3. The van der Waals surface area contributed by atoms with Crippen LogP contribution in [-0.4, -0.2) is 19.4 Å². The van der Waals surface area contributed by atoms with Gasteiger partial charge >= 0.3 is 0 Å². The summed E-state index contributed by atoms with van der Waals surface area (Å²) < 4.78 is 0. The summed E-state index contributed by atoms with van der Waals surface area (Å²) in [6.45, 7) is 9.36. The van der Waals surface area contributed by atoms with Gasteiger partial charge in [-0.1, -0.05) is 72.8 Å². The Bertz CT molecular complexity index is 524. The van der Waals surface area contributed by atoms with E-state index in [1.165, 1.54) is 5.56 Å². The SMILES string of the molecule is C=CCN.C=CCNCc1ccccc1.O=Cc1ccccc1. The van der Waals surface area contributed by atoms with E-state index in [1.807, 2.05) is 42.5 Å². The third kappa shape index (κ3) is 12.9. The van der Waals surface area contributed by atoms with Crippen molar-refractivity contribution in [1.29, 1.82) is 0 Å². The summed E-state index contributed by atoms with van der Waals surface area (Å²) >= 11 is 0. The Morgan fingerprint density at radius 3 is 1.83 bits per heavy atom. The van der Waals surface area contributed by atoms with Crippen molar-refractivity contribution < 1.29 is 4.79 Å². The second-order valence-corrected chi connectivity index (χ2v) is 4.46. The molecule has 0 atom stereocenters. The molecule has 0 fully saturated rings. The first kappa shape index (κ1) is 20.5. The van der Waals surface area contributed by atoms with Gasteiger partial charge in [0, 0.05) is 25.2 Å². The van der Waals surface area contributed by atoms with Crippen LogP contribution in [0.15, 0.2) is 86.0 Å². The lowest BCUT2D eigenvalue weighted by atomic mass is 10.2. The molecule has 3 N–H and O–H groups in total. The van der Waals surface area contributed by atoms with Crippen LogP contribution >= 0.6 is 0 Å². The summed E-state index contributed by atoms with van der Waals surface area (Å²) in [5.74, 6) is 0. The fraction of sp³-hybridized carbons (Fsp3) is 0.150. The van der Waals surface area contributed by atoms with E-state index in [4.69, 9.17) is 5.73 Å². The minimum Gasteiger partial charge on any atom is -0.327 e. The first-order valence-electron chi connectivity index (χ1n) is 7.45. The molecule has 0 saturated carbocycles. The highest BCUT2D eigenvalue weighted by Crippen LogP contribution is 1.96. The van der Waals surface area contributed by atoms with E-state index < -0.39 is 0 Å². The molecule has 2 aromatic carbocycles. The molecule has 0 amide bonds. The van der Waals surface area contributed by atoms with E-state index in [2.05, 4.69) is 30.6 Å². The van der Waals surface area contributed by atoms with Gasteiger partial charge in [-0.2, -0.15) is 0 Å². The Balaban J connectivity index is 0.000000354. The lowest BCUT2D eigenvalue weighted by molar-refractivity contribution is 0.112. The normalized spacial score (nSPS) is 8.57. The molecule has 0 unspecified atom stereocenters. The molecule has 0 radical (unpaired) electrons. The van der Waals surface area contributed by atoms with E-state index in [1.54, 1.807) is 18.2 Å². The number of nitrogens with one attached hydrogen (secondary N) is 1. The first-order valence-corrected chi connectivity index (χ1v) is 7.45. The largest absolute Gasteiger partial charge is 0.327 e. The lowest BCUT2D eigenvalue weighted by Gasteiger charge is -1.99. The molecule has 23 heavy (non-hydrogen) atoms. The Labute approximate surface area is 139 Å². The summed E-state index contributed by atoms with van der Waals surface area (Å²) in [5.41, 5.74) is 6.95. The molecule has 0 heterocycles. The van der Waals surface area contributed by atoms with Crippen LogP contribution in [0, 0.1) is 0 Å². The van der Waals surface area contributed by atoms with Gasteiger partial charge in [0.25, 0.3) is 0 Å². The monoisotopic (exact) mass is 310 g/mol. The Morgan fingerprint density at radius 2 is 1.43 bits per heavy atom. The van der Waals surface area contributed by atoms with Crippen molar-refractivity contribution >= 4 is 6.29 Å². The van der Waals surface area contributed by atoms with Crippen LogP contribution in [0.5, 0.6) is 0 Å². The van der Waals surface area contributed by atoms with Gasteiger partial charge in [-0.15, -0.1) is 13.2 Å². The Hall–Kier alpha value is -2.49. The molecule has 2 aromatic rings. The predicted molar refractivity (Wildman–Crippen MR) is 99.4 cm³/mol. The molecule has 0 spiro atoms. The molecule has 0 aromatic heterocycles. The minimum atomic E-state index is 0.583. The van der Waals surface area contributed by atoms with Gasteiger partial charge in [-0.25, -0.2) is 0 Å². The molecule has 3 nitrogen and oxygen atoms in total. The van der Waals surface area contributed by atoms with E-state index in [9.17, 15) is 4.79 Å². The van der Waals surface area contributed by atoms with Crippen LogP contribution < -0.4 is 11.1 Å². The molecule has 2 rings (SSSR count). The molecule has 0 aliphatic carbocycles. The van der Waals surface area contributed by atoms with E-state index in [0.717, 1.165) is 24.9 Å². The van der Waals surface area contributed by atoms with Crippen LogP contribution in [-0.2, 0) is 6.54 Å². The van der Waals surface area contributed by atoms with Crippen molar-refractivity contribution in [2.45, 2.75) is 6.54 Å². The zero-order valence-corrected chi connectivity index (χ0v) is 13.5. The van der Waals surface area contributed by atoms with Crippen molar-refractivity contribution in [3.05, 3.63) is 97.1 Å². The maximum Gasteiger partial charge on any atom is 0.150 e. The van der Waals surface area contributed by atoms with Crippen LogP contribution in [0.1, 0.15) is 15.9 Å². The number of hydrogen-bond acceptors (Lipinski definition) is 3. The molecule has 0 aliphatic heterocycles. The van der Waals surface area contributed by atoms with Crippen LogP contribution in [0.4, 0.5) is 0 Å². The number of hydrogen-bond donors (Lipinski definition) is 2. The summed E-state index contributed by atoms with van der Waals surface area (Å²) in [4.78, 5) is 10.0. The highest BCUT2D eigenvalue weighted by molar-refractivity contribution is 5.74. The smallest absolute Gasteiger partial charge is 0.150 e. The number of aldehydes is 1. The third-order valence-electron chi connectivity index (χ3n) is 2.56. The topological polar surface area (TPSA) is 55.1 Å². The highest BCUT2D eigenvalue weighted by atomic mass is 16.1. The number of rotatable bonds is 6. The summed E-state index contributed by atoms with van der Waals surface area (Å²) in [7, 11) is 0. The van der Waals surface area contributed by atoms with Crippen molar-refractivity contribution in [2.24, 2.45) is 5.73 Å². The Morgan fingerprint density at radius 1 is 0.913 bits per heavy atom. The second-order valence-electron chi connectivity index (χ2n) is 4.46. The fourth-order valence-electron chi connectivity index (χ4n) is 1.45. The third-order valence-corrected chi connectivity index (χ3v) is 2.56. The van der Waals surface area contributed by atoms with Crippen molar-refractivity contribution in [3.63, 3.8) is 0 Å². The van der Waals surface area contributed by atoms with Crippen LogP contribution in [0.25, 0.3) is 0 Å². The molecule has 122 valence electrons. The average molecular weight is 310 g/mol. The number of benzene rings is 2. The van der Waals surface area contributed by atoms with Crippen LogP contribution in [0.2, 0.25) is 0 Å². The van der Waals surface area contributed by atoms with Gasteiger partial charge in [0.15, 0.2) is 0 Å². The minimum absolute atomic E-state index is 0.583. The summed E-state index contributed by atoms with van der Waals surface area (Å²) in [6.07, 6.45) is 4.35. The van der Waals surface area contributed by atoms with Crippen LogP contribution in [0.3, 0.4) is 0 Å². The van der Waals surface area contributed by atoms with Gasteiger partial charge in [0.05, 0.1) is 0 Å². The van der Waals surface area contributed by atoms with E-state index in [-0.39, 0.29) is 0 Å². The highest BCUT2D eigenvalue weighted by Gasteiger charge is 1.86. The number of nitrogens with two attached hydrogens (primary N) is 1. The van der Waals surface area contributed by atoms with Crippen molar-refractivity contribution in [2.75, 3.05) is 13.1 Å². The van der Waals surface area contributed by atoms with Crippen molar-refractivity contribution in [3.8, 4) is 0 Å². The quantitative estimate of drug-likeness (QED) is 0.487. The second kappa shape index (κ2) is 15.9. The van der Waals surface area contributed by atoms with Gasteiger partial charge in [0.1, 0.15) is 6.29 Å². The lowest BCUT2D eigenvalue weighted by Crippen LogP contribution is -2.12. The van der Waals surface area contributed by atoms with E-state index in [0.29, 0.717) is 6.54 Å². The zero-order chi connectivity index (χ0) is 17.2. The predicted octanol–water partition coefficient (Wildman–Crippen LogP) is 3.59. The fourth-order valence-corrected chi connectivity index (χ4v) is 1.45. The van der Waals surface area contributed by atoms with Gasteiger partial charge in [0.2, 0.25) is 0 Å². The zero-order valence-electron chi connectivity index (χ0n) is 13.5. The summed E-state index contributed by atoms with van der Waals surface area (Å²) in [6, 6.07) is 19.4. The standard InChI is InChI=1S/C10H13N.C7H6O.C3H7N/c1-2-8-11-9-10-6-4-3-5-7-10;8-6-7-4-2-1-3-5-7;1-2-3-4/h2-7,11H,1,8-9H2;1-6H;2H,1,3-4H2. The molecule has 0 bridgehead atoms. The molecule has 3 heteroatoms. The number of carbonyl (C=O) groups is 1. The molecule has 0 aliphatic rings. The van der Waals surface area contributed by atoms with Gasteiger partial charge in [-0.3, -0.25) is 4.79 Å². The van der Waals surface area contributed by atoms with Gasteiger partial charge < -0.3 is 11.1 Å². The molecule has 0 saturated heterocycles. The Kier molecular flexibility index (Phi) is 14.2. The maximum atomic E-state index is 10.0. The maximum absolute atomic E-state index is 10.0. The van der Waals surface area contributed by atoms with Crippen molar-refractivity contribution in [1.82, 2.24) is 5.32 Å². The average Bonchev–Trinajstić information content (AvgIpc) is 2.64. The summed E-state index contributed by atoms with van der Waals surface area (Å²) in [5, 5.41) is 3.23. The molecular weight excluding hydrogens is 284 g/mol. The number of carbonyl (C=O) groups excluding carboxylic acids is 1. The van der Waals surface area contributed by atoms with E-state index >= 15 is 0 Å². The van der Waals surface area contributed by atoms with Gasteiger partial charge in [-0.05, 0) is 5.56 Å².